The van der Waals surface area contributed by atoms with Crippen LogP contribution in [0.1, 0.15) is 77.7 Å². The first-order chi connectivity index (χ1) is 14.8. The number of ketones is 1. The summed E-state index contributed by atoms with van der Waals surface area (Å²) < 4.78 is 11.5. The van der Waals surface area contributed by atoms with Crippen LogP contribution in [0, 0.1) is 5.41 Å². The number of benzene rings is 1. The topological polar surface area (TPSA) is 64.6 Å². The van der Waals surface area contributed by atoms with Gasteiger partial charge >= 0.3 is 5.97 Å². The van der Waals surface area contributed by atoms with Gasteiger partial charge in [-0.15, -0.1) is 0 Å². The molecule has 0 spiro atoms. The van der Waals surface area contributed by atoms with Gasteiger partial charge in [0.2, 0.25) is 0 Å². The van der Waals surface area contributed by atoms with Crippen molar-refractivity contribution in [3.63, 3.8) is 0 Å². The molecule has 1 saturated carbocycles. The zero-order chi connectivity index (χ0) is 22.2. The summed E-state index contributed by atoms with van der Waals surface area (Å²) in [7, 11) is 0. The first kappa shape index (κ1) is 21.7. The molecule has 1 atom stereocenters. The van der Waals surface area contributed by atoms with Gasteiger partial charge in [0.05, 0.1) is 18.3 Å². The Morgan fingerprint density at radius 3 is 2.45 bits per heavy atom. The minimum atomic E-state index is -0.417. The number of nitrogens with one attached hydrogen (secondary N) is 1. The molecule has 0 amide bonds. The maximum absolute atomic E-state index is 13.3. The molecule has 2 aliphatic carbocycles. The van der Waals surface area contributed by atoms with E-state index in [0.29, 0.717) is 30.3 Å². The number of carbonyl (C=O) groups excluding carboxylic acids is 2. The third kappa shape index (κ3) is 4.41. The fraction of sp³-hybridized carbons (Fsp3) is 0.538. The summed E-state index contributed by atoms with van der Waals surface area (Å²) in [5.41, 5.74) is 3.74. The molecular formula is C26H33NO4. The lowest BCUT2D eigenvalue weighted by Crippen LogP contribution is -2.38. The minimum absolute atomic E-state index is 0.101. The predicted octanol–water partition coefficient (Wildman–Crippen LogP) is 5.18. The van der Waals surface area contributed by atoms with Crippen molar-refractivity contribution in [1.29, 1.82) is 0 Å². The Labute approximate surface area is 184 Å². The van der Waals surface area contributed by atoms with E-state index in [0.717, 1.165) is 42.0 Å². The van der Waals surface area contributed by atoms with E-state index in [4.69, 9.17) is 9.47 Å². The summed E-state index contributed by atoms with van der Waals surface area (Å²) in [6.07, 6.45) is 6.19. The highest BCUT2D eigenvalue weighted by molar-refractivity contribution is 6.04. The number of dihydropyridines is 1. The Balaban J connectivity index is 1.72. The van der Waals surface area contributed by atoms with Gasteiger partial charge in [-0.05, 0) is 69.1 Å². The number of esters is 1. The van der Waals surface area contributed by atoms with E-state index >= 15 is 0 Å². The average Bonchev–Trinajstić information content (AvgIpc) is 3.19. The van der Waals surface area contributed by atoms with Crippen LogP contribution in [0.25, 0.3) is 0 Å². The van der Waals surface area contributed by atoms with Crippen molar-refractivity contribution in [2.45, 2.75) is 78.2 Å². The van der Waals surface area contributed by atoms with Crippen molar-refractivity contribution in [2.75, 3.05) is 6.61 Å². The van der Waals surface area contributed by atoms with E-state index in [1.807, 2.05) is 31.2 Å². The molecule has 0 bridgehead atoms. The first-order valence-electron chi connectivity index (χ1n) is 11.5. The fourth-order valence-corrected chi connectivity index (χ4v) is 5.19. The summed E-state index contributed by atoms with van der Waals surface area (Å²) >= 11 is 0. The molecule has 1 aromatic rings. The van der Waals surface area contributed by atoms with Crippen LogP contribution in [0.3, 0.4) is 0 Å². The van der Waals surface area contributed by atoms with Gasteiger partial charge in [-0.3, -0.25) is 4.79 Å². The lowest BCUT2D eigenvalue weighted by molar-refractivity contribution is -0.138. The van der Waals surface area contributed by atoms with Gasteiger partial charge in [-0.25, -0.2) is 4.79 Å². The zero-order valence-corrected chi connectivity index (χ0v) is 19.0. The van der Waals surface area contributed by atoms with E-state index < -0.39 is 5.92 Å². The third-order valence-electron chi connectivity index (χ3n) is 6.55. The number of Topliss-reactive ketones (excluding diaryl/α,β-unsaturated/α-hetero) is 1. The van der Waals surface area contributed by atoms with Crippen LogP contribution in [0.15, 0.2) is 46.8 Å². The van der Waals surface area contributed by atoms with Gasteiger partial charge in [0.15, 0.2) is 5.78 Å². The molecular weight excluding hydrogens is 390 g/mol. The number of carbonyl (C=O) groups is 2. The van der Waals surface area contributed by atoms with Gasteiger partial charge in [-0.1, -0.05) is 26.0 Å². The number of ether oxygens (including phenoxy) is 2. The van der Waals surface area contributed by atoms with Crippen LogP contribution in [-0.4, -0.2) is 24.5 Å². The molecule has 1 fully saturated rings. The highest BCUT2D eigenvalue weighted by Gasteiger charge is 2.43. The summed E-state index contributed by atoms with van der Waals surface area (Å²) in [4.78, 5) is 26.2. The molecule has 0 radical (unpaired) electrons. The first-order valence-corrected chi connectivity index (χ1v) is 11.5. The molecule has 0 saturated heterocycles. The van der Waals surface area contributed by atoms with Crippen molar-refractivity contribution in [3.8, 4) is 5.75 Å². The van der Waals surface area contributed by atoms with Crippen LogP contribution in [0.5, 0.6) is 5.75 Å². The van der Waals surface area contributed by atoms with Crippen molar-refractivity contribution in [2.24, 2.45) is 5.41 Å². The van der Waals surface area contributed by atoms with Gasteiger partial charge in [0.25, 0.3) is 0 Å². The third-order valence-corrected chi connectivity index (χ3v) is 6.55. The maximum Gasteiger partial charge on any atom is 0.336 e. The Hall–Kier alpha value is -2.56. The van der Waals surface area contributed by atoms with Crippen LogP contribution in [-0.2, 0) is 14.3 Å². The number of hydrogen-bond acceptors (Lipinski definition) is 5. The molecule has 3 aliphatic rings. The number of rotatable bonds is 5. The number of allylic oxidation sites excluding steroid dienone is 3. The standard InChI is InChI=1S/C26H33NO4/c1-5-30-25(29)22-16(2)27-20-14-26(3,4)15-21(28)24(20)23(22)17-10-12-19(13-11-17)31-18-8-6-7-9-18/h10-13,18,23,27H,5-9,14-15H2,1-4H3/t23-/m0/s1. The predicted molar refractivity (Wildman–Crippen MR) is 120 cm³/mol. The van der Waals surface area contributed by atoms with Crippen LogP contribution in [0.2, 0.25) is 0 Å². The minimum Gasteiger partial charge on any atom is -0.490 e. The zero-order valence-electron chi connectivity index (χ0n) is 19.0. The Morgan fingerprint density at radius 1 is 1.13 bits per heavy atom. The van der Waals surface area contributed by atoms with Gasteiger partial charge in [0, 0.05) is 29.3 Å². The summed E-state index contributed by atoms with van der Waals surface area (Å²) in [6, 6.07) is 7.91. The monoisotopic (exact) mass is 423 g/mol. The van der Waals surface area contributed by atoms with Crippen molar-refractivity contribution in [3.05, 3.63) is 52.4 Å². The molecule has 1 N–H and O–H groups in total. The molecule has 1 aromatic carbocycles. The van der Waals surface area contributed by atoms with E-state index in [1.54, 1.807) is 6.92 Å². The second kappa shape index (κ2) is 8.52. The van der Waals surface area contributed by atoms with Crippen LogP contribution >= 0.6 is 0 Å². The second-order valence-electron chi connectivity index (χ2n) is 9.74. The largest absolute Gasteiger partial charge is 0.490 e. The van der Waals surface area contributed by atoms with Crippen LogP contribution < -0.4 is 10.1 Å². The SMILES string of the molecule is CCOC(=O)C1=C(C)NC2=C(C(=O)CC(C)(C)C2)[C@H]1c1ccc(OC2CCCC2)cc1. The molecule has 4 rings (SSSR count). The number of hydrogen-bond donors (Lipinski definition) is 1. The van der Waals surface area contributed by atoms with Gasteiger partial charge < -0.3 is 14.8 Å². The van der Waals surface area contributed by atoms with Gasteiger partial charge in [-0.2, -0.15) is 0 Å². The lowest BCUT2D eigenvalue weighted by atomic mass is 9.68. The smallest absolute Gasteiger partial charge is 0.336 e. The molecule has 31 heavy (non-hydrogen) atoms. The summed E-state index contributed by atoms with van der Waals surface area (Å²) in [5.74, 6) is 0.157. The lowest BCUT2D eigenvalue weighted by Gasteiger charge is -2.39. The molecule has 5 heteroatoms. The molecule has 0 aromatic heterocycles. The molecule has 5 nitrogen and oxygen atoms in total. The fourth-order valence-electron chi connectivity index (χ4n) is 5.19. The van der Waals surface area contributed by atoms with Crippen LogP contribution in [0.4, 0.5) is 0 Å². The Morgan fingerprint density at radius 2 is 1.81 bits per heavy atom. The van der Waals surface area contributed by atoms with Crippen molar-refractivity contribution in [1.82, 2.24) is 5.32 Å². The average molecular weight is 424 g/mol. The molecule has 166 valence electrons. The highest BCUT2D eigenvalue weighted by atomic mass is 16.5. The molecule has 1 heterocycles. The summed E-state index contributed by atoms with van der Waals surface area (Å²) in [5, 5.41) is 3.37. The summed E-state index contributed by atoms with van der Waals surface area (Å²) in [6.45, 7) is 8.21. The molecule has 0 unspecified atom stereocenters. The Bertz CT molecular complexity index is 933. The molecule has 1 aliphatic heterocycles. The van der Waals surface area contributed by atoms with E-state index in [-0.39, 0.29) is 17.2 Å². The van der Waals surface area contributed by atoms with E-state index in [1.165, 1.54) is 12.8 Å². The second-order valence-corrected chi connectivity index (χ2v) is 9.74. The van der Waals surface area contributed by atoms with E-state index in [2.05, 4.69) is 19.2 Å². The highest BCUT2D eigenvalue weighted by Crippen LogP contribution is 2.47. The van der Waals surface area contributed by atoms with Crippen molar-refractivity contribution >= 4 is 11.8 Å². The maximum atomic E-state index is 13.3. The van der Waals surface area contributed by atoms with E-state index in [9.17, 15) is 9.59 Å². The normalized spacial score (nSPS) is 23.5. The Kier molecular flexibility index (Phi) is 5.96. The quantitative estimate of drug-likeness (QED) is 0.662. The van der Waals surface area contributed by atoms with Gasteiger partial charge in [0.1, 0.15) is 5.75 Å². The van der Waals surface area contributed by atoms with Crippen molar-refractivity contribution < 1.29 is 19.1 Å².